The molecule has 9 heteroatoms. The zero-order chi connectivity index (χ0) is 25.7. The van der Waals surface area contributed by atoms with Gasteiger partial charge in [-0.05, 0) is 74.6 Å². The molecule has 0 spiro atoms. The SMILES string of the molecule is CC[C@H](C)NC(=O)[C@H](NC(=O)c1ccc(OC)cc1)C1CCN(C(=O)c2ccc3c(c2)OCO3)CC1. The largest absolute Gasteiger partial charge is 0.497 e. The van der Waals surface area contributed by atoms with Gasteiger partial charge in [-0.15, -0.1) is 0 Å². The number of nitrogens with one attached hydrogen (secondary N) is 2. The number of nitrogens with zero attached hydrogens (tertiary/aromatic N) is 1. The first-order valence-corrected chi connectivity index (χ1v) is 12.3. The van der Waals surface area contributed by atoms with Gasteiger partial charge < -0.3 is 29.7 Å². The number of likely N-dealkylation sites (tertiary alicyclic amines) is 1. The van der Waals surface area contributed by atoms with Crippen molar-refractivity contribution in [2.24, 2.45) is 5.92 Å². The molecular weight excluding hydrogens is 462 g/mol. The summed E-state index contributed by atoms with van der Waals surface area (Å²) in [7, 11) is 1.56. The minimum atomic E-state index is -0.698. The van der Waals surface area contributed by atoms with Crippen LogP contribution >= 0.6 is 0 Å². The molecule has 2 aliphatic heterocycles. The second-order valence-corrected chi connectivity index (χ2v) is 9.20. The van der Waals surface area contributed by atoms with Gasteiger partial charge in [0.15, 0.2) is 11.5 Å². The lowest BCUT2D eigenvalue weighted by molar-refractivity contribution is -0.125. The highest BCUT2D eigenvalue weighted by Crippen LogP contribution is 2.33. The number of methoxy groups -OCH3 is 1. The fraction of sp³-hybridized carbons (Fsp3) is 0.444. The Labute approximate surface area is 211 Å². The highest BCUT2D eigenvalue weighted by molar-refractivity contribution is 5.98. The van der Waals surface area contributed by atoms with Gasteiger partial charge in [-0.3, -0.25) is 14.4 Å². The maximum absolute atomic E-state index is 13.2. The van der Waals surface area contributed by atoms with Gasteiger partial charge in [0.05, 0.1) is 7.11 Å². The number of rotatable bonds is 8. The molecule has 0 unspecified atom stereocenters. The van der Waals surface area contributed by atoms with Crippen LogP contribution in [0.15, 0.2) is 42.5 Å². The quantitative estimate of drug-likeness (QED) is 0.583. The number of ether oxygens (including phenoxy) is 3. The van der Waals surface area contributed by atoms with E-state index < -0.39 is 6.04 Å². The predicted octanol–water partition coefficient (Wildman–Crippen LogP) is 2.99. The summed E-state index contributed by atoms with van der Waals surface area (Å²) in [6, 6.07) is 11.2. The molecule has 2 aliphatic rings. The molecule has 2 aromatic carbocycles. The Hall–Kier alpha value is -3.75. The monoisotopic (exact) mass is 495 g/mol. The van der Waals surface area contributed by atoms with Gasteiger partial charge in [0, 0.05) is 30.3 Å². The van der Waals surface area contributed by atoms with E-state index in [0.717, 1.165) is 6.42 Å². The minimum absolute atomic E-state index is 0.00874. The molecule has 192 valence electrons. The lowest BCUT2D eigenvalue weighted by Crippen LogP contribution is -2.55. The molecular formula is C27H33N3O6. The molecule has 36 heavy (non-hydrogen) atoms. The van der Waals surface area contributed by atoms with Crippen molar-refractivity contribution >= 4 is 17.7 Å². The molecule has 2 aromatic rings. The van der Waals surface area contributed by atoms with Crippen molar-refractivity contribution in [1.82, 2.24) is 15.5 Å². The second kappa shape index (κ2) is 11.3. The van der Waals surface area contributed by atoms with E-state index in [1.165, 1.54) is 0 Å². The van der Waals surface area contributed by atoms with Crippen molar-refractivity contribution in [3.05, 3.63) is 53.6 Å². The highest BCUT2D eigenvalue weighted by atomic mass is 16.7. The average Bonchev–Trinajstić information content (AvgIpc) is 3.39. The minimum Gasteiger partial charge on any atom is -0.497 e. The van der Waals surface area contributed by atoms with Gasteiger partial charge >= 0.3 is 0 Å². The van der Waals surface area contributed by atoms with Crippen LogP contribution in [-0.2, 0) is 4.79 Å². The Bertz CT molecular complexity index is 1100. The van der Waals surface area contributed by atoms with Crippen molar-refractivity contribution in [3.8, 4) is 17.2 Å². The fourth-order valence-electron chi connectivity index (χ4n) is 4.45. The summed E-state index contributed by atoms with van der Waals surface area (Å²) in [6.45, 7) is 5.07. The number of benzene rings is 2. The third-order valence-electron chi connectivity index (χ3n) is 6.84. The van der Waals surface area contributed by atoms with Gasteiger partial charge in [-0.1, -0.05) is 6.92 Å². The first-order valence-electron chi connectivity index (χ1n) is 12.3. The van der Waals surface area contributed by atoms with Crippen LogP contribution < -0.4 is 24.8 Å². The van der Waals surface area contributed by atoms with E-state index in [4.69, 9.17) is 14.2 Å². The van der Waals surface area contributed by atoms with Gasteiger partial charge in [-0.2, -0.15) is 0 Å². The number of fused-ring (bicyclic) bond motifs is 1. The Morgan fingerprint density at radius 2 is 1.67 bits per heavy atom. The van der Waals surface area contributed by atoms with Crippen LogP contribution in [0.3, 0.4) is 0 Å². The van der Waals surface area contributed by atoms with Gasteiger partial charge in [0.25, 0.3) is 11.8 Å². The highest BCUT2D eigenvalue weighted by Gasteiger charge is 2.35. The van der Waals surface area contributed by atoms with E-state index in [-0.39, 0.29) is 36.5 Å². The van der Waals surface area contributed by atoms with Gasteiger partial charge in [-0.25, -0.2) is 0 Å². The molecule has 2 heterocycles. The van der Waals surface area contributed by atoms with Crippen LogP contribution in [0.5, 0.6) is 17.2 Å². The van der Waals surface area contributed by atoms with E-state index in [0.29, 0.717) is 54.3 Å². The van der Waals surface area contributed by atoms with Crippen LogP contribution in [0, 0.1) is 5.92 Å². The van der Waals surface area contributed by atoms with Crippen LogP contribution in [-0.4, -0.2) is 61.7 Å². The molecule has 4 rings (SSSR count). The van der Waals surface area contributed by atoms with E-state index in [1.54, 1.807) is 54.5 Å². The lowest BCUT2D eigenvalue weighted by Gasteiger charge is -2.36. The number of piperidine rings is 1. The molecule has 0 aliphatic carbocycles. The van der Waals surface area contributed by atoms with Crippen molar-refractivity contribution in [3.63, 3.8) is 0 Å². The number of hydrogen-bond donors (Lipinski definition) is 2. The number of amides is 3. The summed E-state index contributed by atoms with van der Waals surface area (Å²) in [4.78, 5) is 41.0. The van der Waals surface area contributed by atoms with Crippen molar-refractivity contribution in [2.75, 3.05) is 27.0 Å². The molecule has 0 aromatic heterocycles. The normalized spacial score (nSPS) is 16.7. The third kappa shape index (κ3) is 5.72. The molecule has 2 atom stereocenters. The molecule has 3 amide bonds. The Morgan fingerprint density at radius 1 is 1.00 bits per heavy atom. The second-order valence-electron chi connectivity index (χ2n) is 9.20. The molecule has 2 N–H and O–H groups in total. The first-order chi connectivity index (χ1) is 17.4. The Balaban J connectivity index is 1.43. The summed E-state index contributed by atoms with van der Waals surface area (Å²) in [5.41, 5.74) is 0.990. The van der Waals surface area contributed by atoms with Crippen LogP contribution in [0.2, 0.25) is 0 Å². The molecule has 1 saturated heterocycles. The predicted molar refractivity (Wildman–Crippen MR) is 133 cm³/mol. The summed E-state index contributed by atoms with van der Waals surface area (Å²) in [5, 5.41) is 5.95. The van der Waals surface area contributed by atoms with E-state index in [9.17, 15) is 14.4 Å². The van der Waals surface area contributed by atoms with Crippen LogP contribution in [0.4, 0.5) is 0 Å². The standard InChI is InChI=1S/C27H33N3O6/c1-4-17(2)28-26(32)24(29-25(31)19-5-8-21(34-3)9-6-19)18-11-13-30(14-12-18)27(33)20-7-10-22-23(15-20)36-16-35-22/h5-10,15,17-18,24H,4,11-14,16H2,1-3H3,(H,28,32)(H,29,31)/t17-,24+/m0/s1. The number of carbonyl (C=O) groups is 3. The third-order valence-corrected chi connectivity index (χ3v) is 6.84. The summed E-state index contributed by atoms with van der Waals surface area (Å²) in [5.74, 6) is 1.14. The summed E-state index contributed by atoms with van der Waals surface area (Å²) in [6.07, 6.45) is 1.98. The lowest BCUT2D eigenvalue weighted by atomic mass is 9.88. The van der Waals surface area contributed by atoms with Gasteiger partial charge in [0.2, 0.25) is 12.7 Å². The molecule has 0 saturated carbocycles. The maximum Gasteiger partial charge on any atom is 0.253 e. The van der Waals surface area contributed by atoms with E-state index >= 15 is 0 Å². The maximum atomic E-state index is 13.2. The summed E-state index contributed by atoms with van der Waals surface area (Å²) < 4.78 is 15.9. The first kappa shape index (κ1) is 25.3. The Morgan fingerprint density at radius 3 is 2.33 bits per heavy atom. The Kier molecular flexibility index (Phi) is 7.97. The molecule has 0 bridgehead atoms. The van der Waals surface area contributed by atoms with Crippen LogP contribution in [0.1, 0.15) is 53.8 Å². The zero-order valence-electron chi connectivity index (χ0n) is 20.9. The van der Waals surface area contributed by atoms with Crippen molar-refractivity contribution in [2.45, 2.75) is 45.2 Å². The average molecular weight is 496 g/mol. The molecule has 1 fully saturated rings. The number of carbonyl (C=O) groups excluding carboxylic acids is 3. The van der Waals surface area contributed by atoms with Crippen molar-refractivity contribution in [1.29, 1.82) is 0 Å². The molecule has 0 radical (unpaired) electrons. The molecule has 9 nitrogen and oxygen atoms in total. The van der Waals surface area contributed by atoms with Crippen LogP contribution in [0.25, 0.3) is 0 Å². The smallest absolute Gasteiger partial charge is 0.253 e. The van der Waals surface area contributed by atoms with E-state index in [2.05, 4.69) is 10.6 Å². The van der Waals surface area contributed by atoms with Gasteiger partial charge in [0.1, 0.15) is 11.8 Å². The van der Waals surface area contributed by atoms with Crippen molar-refractivity contribution < 1.29 is 28.6 Å². The van der Waals surface area contributed by atoms with E-state index in [1.807, 2.05) is 13.8 Å². The zero-order valence-corrected chi connectivity index (χ0v) is 20.9. The number of hydrogen-bond acceptors (Lipinski definition) is 6. The topological polar surface area (TPSA) is 106 Å². The summed E-state index contributed by atoms with van der Waals surface area (Å²) >= 11 is 0. The fourth-order valence-corrected chi connectivity index (χ4v) is 4.45.